The Labute approximate surface area is 132 Å². The van der Waals surface area contributed by atoms with Crippen LogP contribution in [-0.2, 0) is 11.2 Å². The van der Waals surface area contributed by atoms with Crippen LogP contribution in [0.2, 0.25) is 0 Å². The predicted molar refractivity (Wildman–Crippen MR) is 86.2 cm³/mol. The zero-order valence-electron chi connectivity index (χ0n) is 13.4. The number of aryl methyl sites for hydroxylation is 1. The Balaban J connectivity index is 1.96. The van der Waals surface area contributed by atoms with Gasteiger partial charge in [0.15, 0.2) is 5.78 Å². The average Bonchev–Trinajstić information content (AvgIpc) is 2.54. The number of likely N-dealkylation sites (tertiary alicyclic amines) is 1. The fraction of sp³-hybridized carbons (Fsp3) is 0.556. The van der Waals surface area contributed by atoms with E-state index in [-0.39, 0.29) is 17.7 Å². The van der Waals surface area contributed by atoms with Crippen molar-refractivity contribution in [3.05, 3.63) is 35.4 Å². The minimum atomic E-state index is -0.717. The normalized spacial score (nSPS) is 18.1. The van der Waals surface area contributed by atoms with Crippen LogP contribution >= 0.6 is 0 Å². The number of carboxylic acids is 1. The molecule has 22 heavy (non-hydrogen) atoms. The van der Waals surface area contributed by atoms with Crippen LogP contribution in [-0.4, -0.2) is 40.9 Å². The summed E-state index contributed by atoms with van der Waals surface area (Å²) in [6, 6.07) is 7.69. The molecule has 120 valence electrons. The number of rotatable bonds is 6. The molecule has 2 rings (SSSR count). The van der Waals surface area contributed by atoms with Crippen molar-refractivity contribution in [2.75, 3.05) is 13.1 Å². The summed E-state index contributed by atoms with van der Waals surface area (Å²) in [4.78, 5) is 25.7. The molecule has 1 atom stereocenters. The Morgan fingerprint density at radius 1 is 1.23 bits per heavy atom. The van der Waals surface area contributed by atoms with E-state index in [0.29, 0.717) is 25.9 Å². The number of aliphatic carboxylic acids is 1. The summed E-state index contributed by atoms with van der Waals surface area (Å²) >= 11 is 0. The first-order valence-electron chi connectivity index (χ1n) is 8.13. The van der Waals surface area contributed by atoms with E-state index in [1.165, 1.54) is 5.56 Å². The van der Waals surface area contributed by atoms with Gasteiger partial charge in [0.25, 0.3) is 0 Å². The zero-order valence-corrected chi connectivity index (χ0v) is 13.4. The molecule has 4 nitrogen and oxygen atoms in total. The molecule has 1 aliphatic rings. The minimum Gasteiger partial charge on any atom is -0.481 e. The van der Waals surface area contributed by atoms with E-state index in [2.05, 4.69) is 11.8 Å². The smallest absolute Gasteiger partial charge is 0.306 e. The average molecular weight is 303 g/mol. The molecule has 4 heteroatoms. The standard InChI is InChI=1S/C18H25NO3/c1-3-4-14-5-7-15(8-6-14)17(20)13(2)19-11-9-16(10-12-19)18(21)22/h5-8,13,16H,3-4,9-12H2,1-2H3,(H,21,22). The van der Waals surface area contributed by atoms with E-state index >= 15 is 0 Å². The van der Waals surface area contributed by atoms with Crippen LogP contribution in [0.3, 0.4) is 0 Å². The zero-order chi connectivity index (χ0) is 16.1. The van der Waals surface area contributed by atoms with Crippen molar-refractivity contribution in [2.45, 2.75) is 45.6 Å². The van der Waals surface area contributed by atoms with E-state index in [4.69, 9.17) is 5.11 Å². The second-order valence-corrected chi connectivity index (χ2v) is 6.14. The summed E-state index contributed by atoms with van der Waals surface area (Å²) in [7, 11) is 0. The fourth-order valence-corrected chi connectivity index (χ4v) is 3.07. The number of carboxylic acid groups (broad SMARTS) is 1. The number of carbonyl (C=O) groups is 2. The molecule has 1 fully saturated rings. The molecule has 0 saturated carbocycles. The second-order valence-electron chi connectivity index (χ2n) is 6.14. The Morgan fingerprint density at radius 2 is 1.82 bits per heavy atom. The summed E-state index contributed by atoms with van der Waals surface area (Å²) in [6.07, 6.45) is 3.39. The summed E-state index contributed by atoms with van der Waals surface area (Å²) in [5, 5.41) is 9.03. The third-order valence-electron chi connectivity index (χ3n) is 4.58. The van der Waals surface area contributed by atoms with Crippen LogP contribution in [0.1, 0.15) is 49.0 Å². The van der Waals surface area contributed by atoms with Gasteiger partial charge in [-0.25, -0.2) is 0 Å². The van der Waals surface area contributed by atoms with Gasteiger partial charge in [-0.2, -0.15) is 0 Å². The van der Waals surface area contributed by atoms with Gasteiger partial charge >= 0.3 is 5.97 Å². The minimum absolute atomic E-state index is 0.122. The Morgan fingerprint density at radius 3 is 2.32 bits per heavy atom. The highest BCUT2D eigenvalue weighted by atomic mass is 16.4. The van der Waals surface area contributed by atoms with Crippen LogP contribution in [0.5, 0.6) is 0 Å². The molecule has 1 saturated heterocycles. The van der Waals surface area contributed by atoms with Gasteiger partial charge < -0.3 is 5.11 Å². The number of hydrogen-bond donors (Lipinski definition) is 1. The Kier molecular flexibility index (Phi) is 5.72. The van der Waals surface area contributed by atoms with Crippen molar-refractivity contribution in [2.24, 2.45) is 5.92 Å². The molecule has 0 aromatic heterocycles. The highest BCUT2D eigenvalue weighted by molar-refractivity contribution is 5.99. The molecular formula is C18H25NO3. The molecular weight excluding hydrogens is 278 g/mol. The van der Waals surface area contributed by atoms with Gasteiger partial charge in [0.2, 0.25) is 0 Å². The first-order valence-corrected chi connectivity index (χ1v) is 8.13. The highest BCUT2D eigenvalue weighted by Crippen LogP contribution is 2.21. The van der Waals surface area contributed by atoms with Gasteiger partial charge in [0, 0.05) is 5.56 Å². The molecule has 0 radical (unpaired) electrons. The van der Waals surface area contributed by atoms with Gasteiger partial charge in [-0.05, 0) is 44.8 Å². The van der Waals surface area contributed by atoms with Crippen LogP contribution < -0.4 is 0 Å². The largest absolute Gasteiger partial charge is 0.481 e. The van der Waals surface area contributed by atoms with Gasteiger partial charge in [0.1, 0.15) is 0 Å². The fourth-order valence-electron chi connectivity index (χ4n) is 3.07. The predicted octanol–water partition coefficient (Wildman–Crippen LogP) is 3.01. The first-order chi connectivity index (χ1) is 10.5. The number of carbonyl (C=O) groups excluding carboxylic acids is 1. The lowest BCUT2D eigenvalue weighted by Crippen LogP contribution is -2.45. The summed E-state index contributed by atoms with van der Waals surface area (Å²) in [5.41, 5.74) is 2.00. The van der Waals surface area contributed by atoms with Gasteiger partial charge in [-0.15, -0.1) is 0 Å². The molecule has 1 unspecified atom stereocenters. The summed E-state index contributed by atoms with van der Waals surface area (Å²) < 4.78 is 0. The lowest BCUT2D eigenvalue weighted by atomic mass is 9.94. The van der Waals surface area contributed by atoms with E-state index in [1.54, 1.807) is 0 Å². The van der Waals surface area contributed by atoms with E-state index in [1.807, 2.05) is 31.2 Å². The highest BCUT2D eigenvalue weighted by Gasteiger charge is 2.29. The number of hydrogen-bond acceptors (Lipinski definition) is 3. The first kappa shape index (κ1) is 16.7. The van der Waals surface area contributed by atoms with Crippen molar-refractivity contribution < 1.29 is 14.7 Å². The third-order valence-corrected chi connectivity index (χ3v) is 4.58. The maximum Gasteiger partial charge on any atom is 0.306 e. The summed E-state index contributed by atoms with van der Waals surface area (Å²) in [6.45, 7) is 5.42. The molecule has 1 aliphatic heterocycles. The quantitative estimate of drug-likeness (QED) is 0.821. The molecule has 0 spiro atoms. The van der Waals surface area contributed by atoms with E-state index in [0.717, 1.165) is 18.4 Å². The van der Waals surface area contributed by atoms with Crippen LogP contribution in [0.25, 0.3) is 0 Å². The lowest BCUT2D eigenvalue weighted by molar-refractivity contribution is -0.143. The Hall–Kier alpha value is -1.68. The van der Waals surface area contributed by atoms with Gasteiger partial charge in [-0.3, -0.25) is 14.5 Å². The lowest BCUT2D eigenvalue weighted by Gasteiger charge is -2.33. The van der Waals surface area contributed by atoms with Crippen molar-refractivity contribution in [3.8, 4) is 0 Å². The van der Waals surface area contributed by atoms with Crippen molar-refractivity contribution in [3.63, 3.8) is 0 Å². The maximum atomic E-state index is 12.6. The number of benzene rings is 1. The maximum absolute atomic E-state index is 12.6. The summed E-state index contributed by atoms with van der Waals surface area (Å²) in [5.74, 6) is -0.853. The van der Waals surface area contributed by atoms with E-state index in [9.17, 15) is 9.59 Å². The molecule has 0 aliphatic carbocycles. The Bertz CT molecular complexity index is 516. The second kappa shape index (κ2) is 7.54. The molecule has 1 aromatic rings. The number of nitrogens with zero attached hydrogens (tertiary/aromatic N) is 1. The van der Waals surface area contributed by atoms with Crippen LogP contribution in [0, 0.1) is 5.92 Å². The number of Topliss-reactive ketones (excluding diaryl/α,β-unsaturated/α-hetero) is 1. The monoisotopic (exact) mass is 303 g/mol. The van der Waals surface area contributed by atoms with Gasteiger partial charge in [0.05, 0.1) is 12.0 Å². The molecule has 0 bridgehead atoms. The third kappa shape index (κ3) is 3.95. The molecule has 0 amide bonds. The van der Waals surface area contributed by atoms with Crippen LogP contribution in [0.15, 0.2) is 24.3 Å². The number of piperidine rings is 1. The van der Waals surface area contributed by atoms with Crippen molar-refractivity contribution in [1.29, 1.82) is 0 Å². The van der Waals surface area contributed by atoms with Crippen LogP contribution in [0.4, 0.5) is 0 Å². The van der Waals surface area contributed by atoms with Gasteiger partial charge in [-0.1, -0.05) is 37.6 Å². The molecule has 1 heterocycles. The van der Waals surface area contributed by atoms with Crippen molar-refractivity contribution in [1.82, 2.24) is 4.90 Å². The topological polar surface area (TPSA) is 57.6 Å². The molecule has 1 N–H and O–H groups in total. The number of ketones is 1. The van der Waals surface area contributed by atoms with E-state index < -0.39 is 5.97 Å². The molecule has 1 aromatic carbocycles. The van der Waals surface area contributed by atoms with Crippen molar-refractivity contribution >= 4 is 11.8 Å². The SMILES string of the molecule is CCCc1ccc(C(=O)C(C)N2CCC(C(=O)O)CC2)cc1.